The molecule has 1 aliphatic rings. The molecule has 1 aliphatic carbocycles. The van der Waals surface area contributed by atoms with Gasteiger partial charge in [-0.25, -0.2) is 4.39 Å². The fourth-order valence-corrected chi connectivity index (χ4v) is 3.14. The van der Waals surface area contributed by atoms with Crippen LogP contribution in [0.4, 0.5) is 4.39 Å². The summed E-state index contributed by atoms with van der Waals surface area (Å²) < 4.78 is 19.4. The van der Waals surface area contributed by atoms with Gasteiger partial charge in [-0.2, -0.15) is 0 Å². The van der Waals surface area contributed by atoms with Gasteiger partial charge in [0, 0.05) is 12.1 Å². The summed E-state index contributed by atoms with van der Waals surface area (Å²) in [4.78, 5) is 0. The van der Waals surface area contributed by atoms with E-state index >= 15 is 0 Å². The van der Waals surface area contributed by atoms with Crippen molar-refractivity contribution in [2.45, 2.75) is 45.3 Å². The molecular weight excluding hydrogens is 313 g/mol. The van der Waals surface area contributed by atoms with E-state index in [1.54, 1.807) is 17.7 Å². The Morgan fingerprint density at radius 1 is 1.04 bits per heavy atom. The van der Waals surface area contributed by atoms with E-state index in [0.717, 1.165) is 25.3 Å². The lowest BCUT2D eigenvalue weighted by Crippen LogP contribution is -2.15. The molecule has 132 valence electrons. The molecule has 0 spiro atoms. The van der Waals surface area contributed by atoms with Crippen LogP contribution in [0.15, 0.2) is 60.2 Å². The Labute approximate surface area is 149 Å². The molecule has 0 amide bonds. The molecule has 0 atom stereocenters. The van der Waals surface area contributed by atoms with Crippen LogP contribution in [-0.2, 0) is 13.2 Å². The number of ether oxygens (including phenoxy) is 1. The highest BCUT2D eigenvalue weighted by Crippen LogP contribution is 2.20. The molecule has 1 N–H and O–H groups in total. The standard InChI is InChI=1S/C22H26FNO/c23-22-12-5-4-10-20(22)17-25-21-11-6-9-19(15-21)16-24-14-13-18-7-2-1-3-8-18/h4-7,9-12,15,24H,1-3,8,13-14,16-17H2. The molecule has 0 bridgehead atoms. The normalized spacial score (nSPS) is 14.2. The van der Waals surface area contributed by atoms with Crippen molar-refractivity contribution in [1.29, 1.82) is 0 Å². The highest BCUT2D eigenvalue weighted by atomic mass is 19.1. The predicted octanol–water partition coefficient (Wildman–Crippen LogP) is 5.38. The van der Waals surface area contributed by atoms with Gasteiger partial charge in [0.05, 0.1) is 0 Å². The molecule has 2 nitrogen and oxygen atoms in total. The van der Waals surface area contributed by atoms with Crippen LogP contribution >= 0.6 is 0 Å². The van der Waals surface area contributed by atoms with Crippen LogP contribution in [0.25, 0.3) is 0 Å². The average Bonchev–Trinajstić information content (AvgIpc) is 2.66. The van der Waals surface area contributed by atoms with E-state index < -0.39 is 0 Å². The minimum absolute atomic E-state index is 0.225. The Morgan fingerprint density at radius 2 is 1.96 bits per heavy atom. The van der Waals surface area contributed by atoms with Crippen molar-refractivity contribution in [2.75, 3.05) is 6.54 Å². The number of halogens is 1. The summed E-state index contributed by atoms with van der Waals surface area (Å²) in [5.74, 6) is 0.551. The van der Waals surface area contributed by atoms with Crippen molar-refractivity contribution in [2.24, 2.45) is 0 Å². The highest BCUT2D eigenvalue weighted by Gasteiger charge is 2.04. The molecule has 0 radical (unpaired) electrons. The molecule has 0 saturated carbocycles. The molecular formula is C22H26FNO. The lowest BCUT2D eigenvalue weighted by Gasteiger charge is -2.13. The zero-order valence-corrected chi connectivity index (χ0v) is 14.6. The van der Waals surface area contributed by atoms with E-state index in [9.17, 15) is 4.39 Å². The Morgan fingerprint density at radius 3 is 2.80 bits per heavy atom. The molecule has 3 rings (SSSR count). The summed E-state index contributed by atoms with van der Waals surface area (Å²) in [6.45, 7) is 2.08. The van der Waals surface area contributed by atoms with Crippen molar-refractivity contribution in [3.05, 3.63) is 77.1 Å². The smallest absolute Gasteiger partial charge is 0.129 e. The van der Waals surface area contributed by atoms with Gasteiger partial charge >= 0.3 is 0 Å². The first-order valence-corrected chi connectivity index (χ1v) is 9.15. The first-order chi connectivity index (χ1) is 12.3. The van der Waals surface area contributed by atoms with E-state index in [1.165, 1.54) is 37.3 Å². The molecule has 3 heteroatoms. The fraction of sp³-hybridized carbons (Fsp3) is 0.364. The second-order valence-corrected chi connectivity index (χ2v) is 6.56. The summed E-state index contributed by atoms with van der Waals surface area (Å²) in [5, 5.41) is 3.50. The first kappa shape index (κ1) is 17.7. The molecule has 0 heterocycles. The molecule has 0 aromatic heterocycles. The number of nitrogens with one attached hydrogen (secondary N) is 1. The SMILES string of the molecule is Fc1ccccc1COc1cccc(CNCCC2=CCCCC2)c1. The van der Waals surface area contributed by atoms with Crippen LogP contribution in [0, 0.1) is 5.82 Å². The van der Waals surface area contributed by atoms with Gasteiger partial charge in [0.1, 0.15) is 18.2 Å². The molecule has 0 aliphatic heterocycles. The zero-order chi connectivity index (χ0) is 17.3. The lowest BCUT2D eigenvalue weighted by molar-refractivity contribution is 0.299. The summed E-state index contributed by atoms with van der Waals surface area (Å²) in [5.41, 5.74) is 3.36. The third-order valence-electron chi connectivity index (χ3n) is 4.59. The lowest BCUT2D eigenvalue weighted by atomic mass is 9.97. The monoisotopic (exact) mass is 339 g/mol. The minimum atomic E-state index is -0.225. The molecule has 25 heavy (non-hydrogen) atoms. The van der Waals surface area contributed by atoms with Crippen LogP contribution in [0.3, 0.4) is 0 Å². The van der Waals surface area contributed by atoms with Gasteiger partial charge in [0.25, 0.3) is 0 Å². The van der Waals surface area contributed by atoms with Crippen LogP contribution in [-0.4, -0.2) is 6.54 Å². The van der Waals surface area contributed by atoms with Crippen molar-refractivity contribution in [3.63, 3.8) is 0 Å². The average molecular weight is 339 g/mol. The number of benzene rings is 2. The minimum Gasteiger partial charge on any atom is -0.489 e. The predicted molar refractivity (Wildman–Crippen MR) is 100 cm³/mol. The van der Waals surface area contributed by atoms with Gasteiger partial charge in [0.2, 0.25) is 0 Å². The first-order valence-electron chi connectivity index (χ1n) is 9.15. The van der Waals surface area contributed by atoms with E-state index in [4.69, 9.17) is 4.74 Å². The summed E-state index contributed by atoms with van der Waals surface area (Å²) in [6.07, 6.45) is 8.74. The van der Waals surface area contributed by atoms with Crippen molar-refractivity contribution in [3.8, 4) is 5.75 Å². The number of allylic oxidation sites excluding steroid dienone is 1. The number of hydrogen-bond donors (Lipinski definition) is 1. The molecule has 0 unspecified atom stereocenters. The quantitative estimate of drug-likeness (QED) is 0.514. The maximum atomic E-state index is 13.6. The van der Waals surface area contributed by atoms with E-state index in [2.05, 4.69) is 17.5 Å². The van der Waals surface area contributed by atoms with E-state index in [0.29, 0.717) is 5.56 Å². The van der Waals surface area contributed by atoms with Crippen LogP contribution in [0.5, 0.6) is 5.75 Å². The highest BCUT2D eigenvalue weighted by molar-refractivity contribution is 5.29. The van der Waals surface area contributed by atoms with Gasteiger partial charge in [-0.3, -0.25) is 0 Å². The van der Waals surface area contributed by atoms with Crippen molar-refractivity contribution < 1.29 is 9.13 Å². The number of hydrogen-bond acceptors (Lipinski definition) is 2. The van der Waals surface area contributed by atoms with Crippen molar-refractivity contribution >= 4 is 0 Å². The van der Waals surface area contributed by atoms with Gasteiger partial charge in [0.15, 0.2) is 0 Å². The molecule has 0 fully saturated rings. The van der Waals surface area contributed by atoms with Crippen LogP contribution in [0.1, 0.15) is 43.2 Å². The molecule has 0 saturated heterocycles. The van der Waals surface area contributed by atoms with E-state index in [-0.39, 0.29) is 12.4 Å². The van der Waals surface area contributed by atoms with E-state index in [1.807, 2.05) is 24.3 Å². The Bertz CT molecular complexity index is 711. The van der Waals surface area contributed by atoms with Gasteiger partial charge in [-0.15, -0.1) is 0 Å². The summed E-state index contributed by atoms with van der Waals surface area (Å²) in [7, 11) is 0. The van der Waals surface area contributed by atoms with Gasteiger partial charge in [-0.05, 0) is 62.4 Å². The zero-order valence-electron chi connectivity index (χ0n) is 14.6. The second kappa shape index (κ2) is 9.38. The second-order valence-electron chi connectivity index (χ2n) is 6.56. The Hall–Kier alpha value is -2.13. The fourth-order valence-electron chi connectivity index (χ4n) is 3.14. The van der Waals surface area contributed by atoms with Gasteiger partial charge < -0.3 is 10.1 Å². The maximum Gasteiger partial charge on any atom is 0.129 e. The van der Waals surface area contributed by atoms with Crippen LogP contribution in [0.2, 0.25) is 0 Å². The molecule has 2 aromatic rings. The third-order valence-corrected chi connectivity index (χ3v) is 4.59. The topological polar surface area (TPSA) is 21.3 Å². The maximum absolute atomic E-state index is 13.6. The third kappa shape index (κ3) is 5.71. The Kier molecular flexibility index (Phi) is 6.63. The summed E-state index contributed by atoms with van der Waals surface area (Å²) >= 11 is 0. The largest absolute Gasteiger partial charge is 0.489 e. The van der Waals surface area contributed by atoms with Crippen molar-refractivity contribution in [1.82, 2.24) is 5.32 Å². The van der Waals surface area contributed by atoms with Gasteiger partial charge in [-0.1, -0.05) is 42.0 Å². The van der Waals surface area contributed by atoms with Crippen LogP contribution < -0.4 is 10.1 Å². The molecule has 2 aromatic carbocycles. The Balaban J connectivity index is 1.44. The summed E-state index contributed by atoms with van der Waals surface area (Å²) in [6, 6.07) is 14.7. The number of rotatable bonds is 8.